The van der Waals surface area contributed by atoms with Crippen molar-refractivity contribution in [1.82, 2.24) is 15.1 Å². The minimum Gasteiger partial charge on any atom is -0.382 e. The first-order valence-electron chi connectivity index (χ1n) is 10.7. The van der Waals surface area contributed by atoms with E-state index in [0.29, 0.717) is 19.2 Å². The lowest BCUT2D eigenvalue weighted by molar-refractivity contribution is -0.130. The number of likely N-dealkylation sites (tertiary alicyclic amines) is 2. The summed E-state index contributed by atoms with van der Waals surface area (Å²) in [6, 6.07) is 0.753. The second kappa shape index (κ2) is 9.90. The van der Waals surface area contributed by atoms with Gasteiger partial charge in [-0.25, -0.2) is 4.79 Å². The molecule has 0 aromatic carbocycles. The van der Waals surface area contributed by atoms with E-state index in [1.807, 2.05) is 11.8 Å². The molecule has 1 spiro atoms. The molecule has 150 valence electrons. The van der Waals surface area contributed by atoms with Crippen molar-refractivity contribution in [2.75, 3.05) is 52.5 Å². The van der Waals surface area contributed by atoms with E-state index in [1.54, 1.807) is 0 Å². The molecule has 1 unspecified atom stereocenters. The lowest BCUT2D eigenvalue weighted by atomic mass is 9.81. The SMILES string of the molecule is CCOCCCNC(=O)N1CCC2(CC1)CC(N1CCCCC1)CCO2. The second-order valence-electron chi connectivity index (χ2n) is 8.04. The Labute approximate surface area is 158 Å². The topological polar surface area (TPSA) is 54.0 Å². The molecule has 0 aromatic rings. The Kier molecular flexibility index (Phi) is 7.58. The van der Waals surface area contributed by atoms with Crippen LogP contribution in [-0.2, 0) is 9.47 Å². The number of urea groups is 1. The van der Waals surface area contributed by atoms with E-state index in [1.165, 1.54) is 38.8 Å². The third-order valence-electron chi connectivity index (χ3n) is 6.28. The zero-order valence-corrected chi connectivity index (χ0v) is 16.5. The first kappa shape index (κ1) is 19.9. The number of amides is 2. The van der Waals surface area contributed by atoms with Crippen LogP contribution in [0.15, 0.2) is 0 Å². The van der Waals surface area contributed by atoms with Crippen molar-refractivity contribution < 1.29 is 14.3 Å². The van der Waals surface area contributed by atoms with E-state index in [2.05, 4.69) is 10.2 Å². The van der Waals surface area contributed by atoms with Crippen molar-refractivity contribution >= 4 is 6.03 Å². The van der Waals surface area contributed by atoms with Crippen LogP contribution in [0.25, 0.3) is 0 Å². The van der Waals surface area contributed by atoms with Crippen molar-refractivity contribution in [3.05, 3.63) is 0 Å². The van der Waals surface area contributed by atoms with Gasteiger partial charge in [-0.15, -0.1) is 0 Å². The Balaban J connectivity index is 1.41. The summed E-state index contributed by atoms with van der Waals surface area (Å²) in [4.78, 5) is 17.0. The summed E-state index contributed by atoms with van der Waals surface area (Å²) in [6.45, 7) is 9.15. The molecule has 1 N–H and O–H groups in total. The van der Waals surface area contributed by atoms with Crippen LogP contribution >= 0.6 is 0 Å². The van der Waals surface area contributed by atoms with Crippen molar-refractivity contribution in [2.45, 2.75) is 69.9 Å². The fraction of sp³-hybridized carbons (Fsp3) is 0.950. The number of nitrogens with zero attached hydrogens (tertiary/aromatic N) is 2. The van der Waals surface area contributed by atoms with Gasteiger partial charge in [0.25, 0.3) is 0 Å². The van der Waals surface area contributed by atoms with Gasteiger partial charge in [0.1, 0.15) is 0 Å². The molecular weight excluding hydrogens is 330 g/mol. The number of rotatable bonds is 6. The molecule has 3 saturated heterocycles. The molecule has 0 aliphatic carbocycles. The summed E-state index contributed by atoms with van der Waals surface area (Å²) in [5.41, 5.74) is 0.00606. The summed E-state index contributed by atoms with van der Waals surface area (Å²) in [7, 11) is 0. The van der Waals surface area contributed by atoms with Gasteiger partial charge in [0.15, 0.2) is 0 Å². The van der Waals surface area contributed by atoms with E-state index in [9.17, 15) is 4.79 Å². The lowest BCUT2D eigenvalue weighted by Gasteiger charge is -2.49. The van der Waals surface area contributed by atoms with Crippen LogP contribution in [0.5, 0.6) is 0 Å². The number of piperidine rings is 2. The average Bonchev–Trinajstić information content (AvgIpc) is 2.69. The molecule has 6 heteroatoms. The number of carbonyl (C=O) groups excluding carboxylic acids is 1. The predicted molar refractivity (Wildman–Crippen MR) is 102 cm³/mol. The Morgan fingerprint density at radius 2 is 1.96 bits per heavy atom. The number of hydrogen-bond donors (Lipinski definition) is 1. The van der Waals surface area contributed by atoms with Crippen molar-refractivity contribution in [1.29, 1.82) is 0 Å². The predicted octanol–water partition coefficient (Wildman–Crippen LogP) is 2.62. The van der Waals surface area contributed by atoms with Gasteiger partial charge in [-0.3, -0.25) is 0 Å². The van der Waals surface area contributed by atoms with Crippen LogP contribution in [0, 0.1) is 0 Å². The maximum atomic E-state index is 12.3. The van der Waals surface area contributed by atoms with E-state index in [4.69, 9.17) is 9.47 Å². The number of ether oxygens (including phenoxy) is 2. The first-order valence-corrected chi connectivity index (χ1v) is 10.7. The fourth-order valence-electron chi connectivity index (χ4n) is 4.69. The first-order chi connectivity index (χ1) is 12.7. The molecule has 3 aliphatic heterocycles. The van der Waals surface area contributed by atoms with E-state index in [-0.39, 0.29) is 11.6 Å². The van der Waals surface area contributed by atoms with E-state index in [0.717, 1.165) is 52.0 Å². The van der Waals surface area contributed by atoms with E-state index < -0.39 is 0 Å². The molecular formula is C20H37N3O3. The van der Waals surface area contributed by atoms with Crippen LogP contribution in [0.1, 0.15) is 58.3 Å². The monoisotopic (exact) mass is 367 g/mol. The van der Waals surface area contributed by atoms with Crippen molar-refractivity contribution in [3.63, 3.8) is 0 Å². The minimum atomic E-state index is 0.00606. The Morgan fingerprint density at radius 3 is 2.69 bits per heavy atom. The van der Waals surface area contributed by atoms with Crippen LogP contribution in [0.2, 0.25) is 0 Å². The van der Waals surface area contributed by atoms with Gasteiger partial charge in [-0.1, -0.05) is 6.42 Å². The van der Waals surface area contributed by atoms with Gasteiger partial charge in [-0.05, 0) is 65.0 Å². The highest BCUT2D eigenvalue weighted by Crippen LogP contribution is 2.37. The zero-order chi connectivity index (χ0) is 18.2. The van der Waals surface area contributed by atoms with Crippen LogP contribution in [0.4, 0.5) is 4.79 Å². The van der Waals surface area contributed by atoms with Gasteiger partial charge in [0.2, 0.25) is 0 Å². The van der Waals surface area contributed by atoms with Gasteiger partial charge in [-0.2, -0.15) is 0 Å². The zero-order valence-electron chi connectivity index (χ0n) is 16.5. The van der Waals surface area contributed by atoms with Gasteiger partial charge >= 0.3 is 6.03 Å². The van der Waals surface area contributed by atoms with Gasteiger partial charge in [0.05, 0.1) is 5.60 Å². The highest BCUT2D eigenvalue weighted by atomic mass is 16.5. The lowest BCUT2D eigenvalue weighted by Crippen LogP contribution is -2.56. The highest BCUT2D eigenvalue weighted by molar-refractivity contribution is 5.74. The maximum absolute atomic E-state index is 12.3. The third-order valence-corrected chi connectivity index (χ3v) is 6.28. The van der Waals surface area contributed by atoms with Crippen LogP contribution in [0.3, 0.4) is 0 Å². The standard InChI is InChI=1S/C20H37N3O3/c1-2-25-15-6-10-21-19(24)23-13-8-20(9-14-23)17-18(7-16-26-20)22-11-4-3-5-12-22/h18H,2-17H2,1H3,(H,21,24). The highest BCUT2D eigenvalue weighted by Gasteiger charge is 2.42. The molecule has 2 amide bonds. The molecule has 0 aromatic heterocycles. The molecule has 6 nitrogen and oxygen atoms in total. The van der Waals surface area contributed by atoms with Crippen LogP contribution < -0.4 is 5.32 Å². The Morgan fingerprint density at radius 1 is 1.19 bits per heavy atom. The molecule has 26 heavy (non-hydrogen) atoms. The van der Waals surface area contributed by atoms with Crippen molar-refractivity contribution in [3.8, 4) is 0 Å². The molecule has 3 rings (SSSR count). The average molecular weight is 368 g/mol. The number of hydrogen-bond acceptors (Lipinski definition) is 4. The smallest absolute Gasteiger partial charge is 0.317 e. The summed E-state index contributed by atoms with van der Waals surface area (Å²) < 4.78 is 11.6. The summed E-state index contributed by atoms with van der Waals surface area (Å²) in [5, 5.41) is 3.02. The number of nitrogens with one attached hydrogen (secondary N) is 1. The molecule has 1 atom stereocenters. The largest absolute Gasteiger partial charge is 0.382 e. The van der Waals surface area contributed by atoms with Crippen molar-refractivity contribution in [2.24, 2.45) is 0 Å². The third kappa shape index (κ3) is 5.33. The molecule has 3 aliphatic rings. The summed E-state index contributed by atoms with van der Waals surface area (Å²) in [5.74, 6) is 0. The quantitative estimate of drug-likeness (QED) is 0.733. The fourth-order valence-corrected chi connectivity index (χ4v) is 4.69. The maximum Gasteiger partial charge on any atom is 0.317 e. The van der Waals surface area contributed by atoms with E-state index >= 15 is 0 Å². The Bertz CT molecular complexity index is 432. The van der Waals surface area contributed by atoms with Gasteiger partial charge in [0, 0.05) is 45.5 Å². The Hall–Kier alpha value is -0.850. The molecule has 0 bridgehead atoms. The summed E-state index contributed by atoms with van der Waals surface area (Å²) in [6.07, 6.45) is 9.23. The van der Waals surface area contributed by atoms with Crippen LogP contribution in [-0.4, -0.2) is 80.0 Å². The summed E-state index contributed by atoms with van der Waals surface area (Å²) >= 11 is 0. The minimum absolute atomic E-state index is 0.00606. The molecule has 3 fully saturated rings. The molecule has 3 heterocycles. The normalized spacial score (nSPS) is 26.8. The van der Waals surface area contributed by atoms with Gasteiger partial charge < -0.3 is 24.6 Å². The molecule has 0 saturated carbocycles. The molecule has 0 radical (unpaired) electrons. The second-order valence-corrected chi connectivity index (χ2v) is 8.04. The number of carbonyl (C=O) groups is 1.